The van der Waals surface area contributed by atoms with Crippen molar-refractivity contribution in [1.82, 2.24) is 20.1 Å². The van der Waals surface area contributed by atoms with E-state index in [1.165, 1.54) is 0 Å². The first-order valence-corrected chi connectivity index (χ1v) is 5.57. The molecule has 5 nitrogen and oxygen atoms in total. The van der Waals surface area contributed by atoms with E-state index in [0.29, 0.717) is 13.2 Å². The Morgan fingerprint density at radius 1 is 1.29 bits per heavy atom. The van der Waals surface area contributed by atoms with Crippen LogP contribution in [0.5, 0.6) is 5.75 Å². The van der Waals surface area contributed by atoms with Crippen LogP contribution in [0, 0.1) is 0 Å². The molecule has 0 spiro atoms. The van der Waals surface area contributed by atoms with E-state index in [9.17, 15) is 0 Å². The Morgan fingerprint density at radius 2 is 2.12 bits per heavy atom. The van der Waals surface area contributed by atoms with Gasteiger partial charge in [-0.15, -0.1) is 10.2 Å². The molecule has 2 aromatic rings. The number of benzene rings is 1. The van der Waals surface area contributed by atoms with E-state index < -0.39 is 0 Å². The summed E-state index contributed by atoms with van der Waals surface area (Å²) in [7, 11) is 1.93. The van der Waals surface area contributed by atoms with Gasteiger partial charge in [0.2, 0.25) is 0 Å². The number of hydrogen-bond donors (Lipinski definition) is 1. The van der Waals surface area contributed by atoms with Crippen molar-refractivity contribution in [1.29, 1.82) is 0 Å². The first-order valence-electron chi connectivity index (χ1n) is 5.57. The fraction of sp³-hybridized carbons (Fsp3) is 0.333. The van der Waals surface area contributed by atoms with Crippen molar-refractivity contribution in [2.24, 2.45) is 7.05 Å². The molecule has 0 amide bonds. The van der Waals surface area contributed by atoms with Gasteiger partial charge in [-0.2, -0.15) is 0 Å². The van der Waals surface area contributed by atoms with E-state index >= 15 is 0 Å². The summed E-state index contributed by atoms with van der Waals surface area (Å²) >= 11 is 0. The zero-order valence-corrected chi connectivity index (χ0v) is 9.84. The topological polar surface area (TPSA) is 52.0 Å². The highest BCUT2D eigenvalue weighted by Gasteiger charge is 1.98. The normalized spacial score (nSPS) is 10.4. The second-order valence-corrected chi connectivity index (χ2v) is 3.70. The SMILES string of the molecule is Cn1cnnc1CNCCOc1ccccc1. The van der Waals surface area contributed by atoms with E-state index in [1.54, 1.807) is 6.33 Å². The number of rotatable bonds is 6. The van der Waals surface area contributed by atoms with Crippen molar-refractivity contribution < 1.29 is 4.74 Å². The maximum Gasteiger partial charge on any atom is 0.146 e. The predicted molar refractivity (Wildman–Crippen MR) is 64.6 cm³/mol. The summed E-state index contributed by atoms with van der Waals surface area (Å²) in [5.74, 6) is 1.82. The maximum absolute atomic E-state index is 5.55. The van der Waals surface area contributed by atoms with Gasteiger partial charge in [0.1, 0.15) is 24.5 Å². The first kappa shape index (κ1) is 11.6. The molecule has 1 heterocycles. The number of hydrogen-bond acceptors (Lipinski definition) is 4. The Kier molecular flexibility index (Phi) is 4.10. The minimum absolute atomic E-state index is 0.641. The molecular formula is C12H16N4O. The highest BCUT2D eigenvalue weighted by Crippen LogP contribution is 2.07. The number of para-hydroxylation sites is 1. The number of nitrogens with zero attached hydrogens (tertiary/aromatic N) is 3. The largest absolute Gasteiger partial charge is 0.492 e. The Morgan fingerprint density at radius 3 is 2.82 bits per heavy atom. The van der Waals surface area contributed by atoms with E-state index in [-0.39, 0.29) is 0 Å². The summed E-state index contributed by atoms with van der Waals surface area (Å²) < 4.78 is 7.44. The van der Waals surface area contributed by atoms with Crippen LogP contribution in [0.25, 0.3) is 0 Å². The molecule has 0 bridgehead atoms. The van der Waals surface area contributed by atoms with Crippen LogP contribution in [0.4, 0.5) is 0 Å². The van der Waals surface area contributed by atoms with Crippen LogP contribution in [0.3, 0.4) is 0 Å². The number of aryl methyl sites for hydroxylation is 1. The third-order valence-corrected chi connectivity index (χ3v) is 2.38. The summed E-state index contributed by atoms with van der Waals surface area (Å²) in [5.41, 5.74) is 0. The Hall–Kier alpha value is -1.88. The molecule has 0 saturated heterocycles. The van der Waals surface area contributed by atoms with Crippen LogP contribution in [0.2, 0.25) is 0 Å². The summed E-state index contributed by atoms with van der Waals surface area (Å²) in [6.45, 7) is 2.12. The highest BCUT2D eigenvalue weighted by molar-refractivity contribution is 5.20. The van der Waals surface area contributed by atoms with Gasteiger partial charge in [-0.05, 0) is 12.1 Å². The molecule has 0 fully saturated rings. The lowest BCUT2D eigenvalue weighted by atomic mass is 10.3. The van der Waals surface area contributed by atoms with Crippen molar-refractivity contribution in [2.75, 3.05) is 13.2 Å². The smallest absolute Gasteiger partial charge is 0.146 e. The van der Waals surface area contributed by atoms with Gasteiger partial charge in [0.05, 0.1) is 6.54 Å². The molecular weight excluding hydrogens is 216 g/mol. The molecule has 0 saturated carbocycles. The van der Waals surface area contributed by atoms with Gasteiger partial charge in [-0.1, -0.05) is 18.2 Å². The van der Waals surface area contributed by atoms with Crippen LogP contribution in [0.1, 0.15) is 5.82 Å². The number of nitrogens with one attached hydrogen (secondary N) is 1. The van der Waals surface area contributed by atoms with Gasteiger partial charge in [0.15, 0.2) is 0 Å². The average Bonchev–Trinajstić information content (AvgIpc) is 2.76. The maximum atomic E-state index is 5.55. The summed E-state index contributed by atoms with van der Waals surface area (Å²) in [6.07, 6.45) is 1.69. The van der Waals surface area contributed by atoms with Crippen molar-refractivity contribution in [2.45, 2.75) is 6.54 Å². The molecule has 0 radical (unpaired) electrons. The number of ether oxygens (including phenoxy) is 1. The Balaban J connectivity index is 1.63. The van der Waals surface area contributed by atoms with E-state index in [0.717, 1.165) is 18.1 Å². The summed E-state index contributed by atoms with van der Waals surface area (Å²) in [4.78, 5) is 0. The third kappa shape index (κ3) is 3.57. The molecule has 17 heavy (non-hydrogen) atoms. The van der Waals surface area contributed by atoms with Crippen LogP contribution in [-0.4, -0.2) is 27.9 Å². The fourth-order valence-corrected chi connectivity index (χ4v) is 1.43. The second kappa shape index (κ2) is 6.00. The van der Waals surface area contributed by atoms with Crippen molar-refractivity contribution >= 4 is 0 Å². The standard InChI is InChI=1S/C12H16N4O/c1-16-10-14-15-12(16)9-13-7-8-17-11-5-3-2-4-6-11/h2-6,10,13H,7-9H2,1H3. The van der Waals surface area contributed by atoms with Crippen LogP contribution < -0.4 is 10.1 Å². The van der Waals surface area contributed by atoms with Crippen LogP contribution >= 0.6 is 0 Å². The summed E-state index contributed by atoms with van der Waals surface area (Å²) in [6, 6.07) is 9.79. The lowest BCUT2D eigenvalue weighted by Crippen LogP contribution is -2.22. The van der Waals surface area contributed by atoms with E-state index in [4.69, 9.17) is 4.74 Å². The zero-order valence-electron chi connectivity index (χ0n) is 9.84. The Bertz CT molecular complexity index is 441. The molecule has 0 aliphatic carbocycles. The van der Waals surface area contributed by atoms with Crippen molar-refractivity contribution in [3.63, 3.8) is 0 Å². The second-order valence-electron chi connectivity index (χ2n) is 3.70. The van der Waals surface area contributed by atoms with E-state index in [1.807, 2.05) is 41.9 Å². The quantitative estimate of drug-likeness (QED) is 0.754. The zero-order chi connectivity index (χ0) is 11.9. The molecule has 0 aliphatic heterocycles. The molecule has 1 N–H and O–H groups in total. The molecule has 0 unspecified atom stereocenters. The van der Waals surface area contributed by atoms with Gasteiger partial charge in [0.25, 0.3) is 0 Å². The molecule has 2 rings (SSSR count). The third-order valence-electron chi connectivity index (χ3n) is 2.38. The molecule has 0 aliphatic rings. The molecule has 1 aromatic carbocycles. The van der Waals surface area contributed by atoms with Gasteiger partial charge >= 0.3 is 0 Å². The van der Waals surface area contributed by atoms with Gasteiger partial charge < -0.3 is 14.6 Å². The fourth-order valence-electron chi connectivity index (χ4n) is 1.43. The highest BCUT2D eigenvalue weighted by atomic mass is 16.5. The van der Waals surface area contributed by atoms with Crippen molar-refractivity contribution in [3.05, 3.63) is 42.5 Å². The van der Waals surface area contributed by atoms with Gasteiger partial charge in [0, 0.05) is 13.6 Å². The monoisotopic (exact) mass is 232 g/mol. The minimum atomic E-state index is 0.641. The predicted octanol–water partition coefficient (Wildman–Crippen LogP) is 0.984. The molecule has 90 valence electrons. The van der Waals surface area contributed by atoms with E-state index in [2.05, 4.69) is 15.5 Å². The lowest BCUT2D eigenvalue weighted by Gasteiger charge is -2.06. The average molecular weight is 232 g/mol. The van der Waals surface area contributed by atoms with Crippen LogP contribution in [-0.2, 0) is 13.6 Å². The number of aromatic nitrogens is 3. The van der Waals surface area contributed by atoms with Gasteiger partial charge in [-0.25, -0.2) is 0 Å². The lowest BCUT2D eigenvalue weighted by molar-refractivity contribution is 0.312. The minimum Gasteiger partial charge on any atom is -0.492 e. The van der Waals surface area contributed by atoms with Crippen LogP contribution in [0.15, 0.2) is 36.7 Å². The first-order chi connectivity index (χ1) is 8.36. The molecule has 0 atom stereocenters. The Labute approximate surface area is 100 Å². The summed E-state index contributed by atoms with van der Waals surface area (Å²) in [5, 5.41) is 11.0. The molecule has 1 aromatic heterocycles. The van der Waals surface area contributed by atoms with Gasteiger partial charge in [-0.3, -0.25) is 0 Å². The molecule has 5 heteroatoms. The van der Waals surface area contributed by atoms with Crippen molar-refractivity contribution in [3.8, 4) is 5.75 Å².